The zero-order valence-corrected chi connectivity index (χ0v) is 10.3. The number of carbonyl (C=O) groups is 1. The molecule has 1 N–H and O–H groups in total. The Labute approximate surface area is 113 Å². The quantitative estimate of drug-likeness (QED) is 0.690. The maximum absolute atomic E-state index is 11.9. The standard InChI is InChI=1S/C12H8ClN3O3/c13-11-7-14-5-4-10(11)12(17)15-8-2-1-3-9(6-8)16(18)19/h1-7H,(H,15,17). The predicted molar refractivity (Wildman–Crippen MR) is 70.3 cm³/mol. The van der Waals surface area contributed by atoms with Crippen LogP contribution in [-0.2, 0) is 0 Å². The summed E-state index contributed by atoms with van der Waals surface area (Å²) in [5.41, 5.74) is 0.480. The van der Waals surface area contributed by atoms with Crippen LogP contribution in [0.15, 0.2) is 42.7 Å². The number of nitrogens with one attached hydrogen (secondary N) is 1. The Morgan fingerprint density at radius 2 is 2.16 bits per heavy atom. The fourth-order valence-corrected chi connectivity index (χ4v) is 1.66. The van der Waals surface area contributed by atoms with Crippen molar-refractivity contribution in [2.45, 2.75) is 0 Å². The van der Waals surface area contributed by atoms with Crippen LogP contribution < -0.4 is 5.32 Å². The van der Waals surface area contributed by atoms with Crippen LogP contribution in [0.25, 0.3) is 0 Å². The first-order valence-electron chi connectivity index (χ1n) is 5.23. The summed E-state index contributed by atoms with van der Waals surface area (Å²) in [4.78, 5) is 25.8. The number of nitrogens with zero attached hydrogens (tertiary/aromatic N) is 2. The number of hydrogen-bond donors (Lipinski definition) is 1. The number of carbonyl (C=O) groups excluding carboxylic acids is 1. The summed E-state index contributed by atoms with van der Waals surface area (Å²) in [6.45, 7) is 0. The molecule has 6 nitrogen and oxygen atoms in total. The zero-order valence-electron chi connectivity index (χ0n) is 9.54. The fourth-order valence-electron chi connectivity index (χ4n) is 1.45. The molecule has 0 unspecified atom stereocenters. The maximum atomic E-state index is 11.9. The van der Waals surface area contributed by atoms with Crippen molar-refractivity contribution in [2.24, 2.45) is 0 Å². The lowest BCUT2D eigenvalue weighted by Gasteiger charge is -2.06. The molecule has 0 atom stereocenters. The van der Waals surface area contributed by atoms with E-state index in [0.717, 1.165) is 0 Å². The van der Waals surface area contributed by atoms with Crippen LogP contribution in [0, 0.1) is 10.1 Å². The number of benzene rings is 1. The maximum Gasteiger partial charge on any atom is 0.271 e. The summed E-state index contributed by atoms with van der Waals surface area (Å²) < 4.78 is 0. The summed E-state index contributed by atoms with van der Waals surface area (Å²) in [6.07, 6.45) is 2.79. The molecule has 0 aliphatic rings. The van der Waals surface area contributed by atoms with Crippen molar-refractivity contribution < 1.29 is 9.72 Å². The molecule has 0 radical (unpaired) electrons. The number of pyridine rings is 1. The van der Waals surface area contributed by atoms with Crippen LogP contribution in [0.1, 0.15) is 10.4 Å². The second kappa shape index (κ2) is 5.45. The fraction of sp³-hybridized carbons (Fsp3) is 0. The molecule has 2 rings (SSSR count). The van der Waals surface area contributed by atoms with Gasteiger partial charge in [-0.1, -0.05) is 17.7 Å². The van der Waals surface area contributed by atoms with Gasteiger partial charge >= 0.3 is 0 Å². The molecule has 2 aromatic rings. The van der Waals surface area contributed by atoms with Gasteiger partial charge in [0.25, 0.3) is 11.6 Å². The van der Waals surface area contributed by atoms with Crippen molar-refractivity contribution in [1.29, 1.82) is 0 Å². The van der Waals surface area contributed by atoms with Gasteiger partial charge in [-0.05, 0) is 12.1 Å². The average molecular weight is 278 g/mol. The van der Waals surface area contributed by atoms with Crippen LogP contribution >= 0.6 is 11.6 Å². The van der Waals surface area contributed by atoms with Gasteiger partial charge in [-0.3, -0.25) is 19.9 Å². The molecule has 1 aromatic carbocycles. The van der Waals surface area contributed by atoms with E-state index in [-0.39, 0.29) is 16.3 Å². The molecule has 0 fully saturated rings. The van der Waals surface area contributed by atoms with Crippen molar-refractivity contribution in [3.05, 3.63) is 63.4 Å². The Bertz CT molecular complexity index is 646. The lowest BCUT2D eigenvalue weighted by Crippen LogP contribution is -2.12. The van der Waals surface area contributed by atoms with E-state index in [4.69, 9.17) is 11.6 Å². The topological polar surface area (TPSA) is 85.1 Å². The number of anilines is 1. The minimum absolute atomic E-state index is 0.0985. The smallest absolute Gasteiger partial charge is 0.271 e. The summed E-state index contributed by atoms with van der Waals surface area (Å²) in [5, 5.41) is 13.4. The zero-order chi connectivity index (χ0) is 13.8. The third-order valence-corrected chi connectivity index (χ3v) is 2.63. The number of non-ortho nitro benzene ring substituents is 1. The van der Waals surface area contributed by atoms with Gasteiger partial charge in [-0.15, -0.1) is 0 Å². The molecule has 1 aromatic heterocycles. The minimum atomic E-state index is -0.533. The van der Waals surface area contributed by atoms with Crippen LogP contribution in [0.3, 0.4) is 0 Å². The highest BCUT2D eigenvalue weighted by molar-refractivity contribution is 6.34. The van der Waals surface area contributed by atoms with Crippen molar-refractivity contribution in [3.63, 3.8) is 0 Å². The molecule has 96 valence electrons. The summed E-state index contributed by atoms with van der Waals surface area (Å²) in [5.74, 6) is -0.451. The molecule has 0 spiro atoms. The predicted octanol–water partition coefficient (Wildman–Crippen LogP) is 2.90. The number of hydrogen-bond acceptors (Lipinski definition) is 4. The van der Waals surface area contributed by atoms with Crippen molar-refractivity contribution in [2.75, 3.05) is 5.32 Å². The normalized spacial score (nSPS) is 9.95. The monoisotopic (exact) mass is 277 g/mol. The molecule has 0 saturated carbocycles. The van der Waals surface area contributed by atoms with E-state index in [9.17, 15) is 14.9 Å². The van der Waals surface area contributed by atoms with Gasteiger partial charge < -0.3 is 5.32 Å². The van der Waals surface area contributed by atoms with Gasteiger partial charge in [-0.25, -0.2) is 0 Å². The van der Waals surface area contributed by atoms with E-state index in [1.54, 1.807) is 6.07 Å². The summed E-state index contributed by atoms with van der Waals surface area (Å²) in [7, 11) is 0. The second-order valence-electron chi connectivity index (χ2n) is 3.62. The average Bonchev–Trinajstić information content (AvgIpc) is 2.39. The van der Waals surface area contributed by atoms with E-state index >= 15 is 0 Å². The molecular weight excluding hydrogens is 270 g/mol. The Balaban J connectivity index is 2.22. The molecular formula is C12H8ClN3O3. The Hall–Kier alpha value is -2.47. The van der Waals surface area contributed by atoms with Crippen LogP contribution in [-0.4, -0.2) is 15.8 Å². The number of nitro groups is 1. The summed E-state index contributed by atoms with van der Waals surface area (Å²) >= 11 is 5.84. The first-order valence-corrected chi connectivity index (χ1v) is 5.61. The lowest BCUT2D eigenvalue weighted by molar-refractivity contribution is -0.384. The number of nitro benzene ring substituents is 1. The van der Waals surface area contributed by atoms with Crippen LogP contribution in [0.2, 0.25) is 5.02 Å². The SMILES string of the molecule is O=C(Nc1cccc([N+](=O)[O-])c1)c1ccncc1Cl. The van der Waals surface area contributed by atoms with Crippen molar-refractivity contribution >= 4 is 28.9 Å². The first kappa shape index (κ1) is 13.0. The Morgan fingerprint density at radius 1 is 1.37 bits per heavy atom. The third kappa shape index (κ3) is 3.05. The van der Waals surface area contributed by atoms with E-state index in [1.165, 1.54) is 36.7 Å². The van der Waals surface area contributed by atoms with Crippen LogP contribution in [0.5, 0.6) is 0 Å². The van der Waals surface area contributed by atoms with E-state index < -0.39 is 10.8 Å². The minimum Gasteiger partial charge on any atom is -0.322 e. The third-order valence-electron chi connectivity index (χ3n) is 2.33. The van der Waals surface area contributed by atoms with E-state index in [2.05, 4.69) is 10.3 Å². The van der Waals surface area contributed by atoms with Gasteiger partial charge in [0, 0.05) is 30.2 Å². The Morgan fingerprint density at radius 3 is 2.84 bits per heavy atom. The van der Waals surface area contributed by atoms with Gasteiger partial charge in [-0.2, -0.15) is 0 Å². The molecule has 0 aliphatic carbocycles. The van der Waals surface area contributed by atoms with Crippen molar-refractivity contribution in [1.82, 2.24) is 4.98 Å². The van der Waals surface area contributed by atoms with Gasteiger partial charge in [0.1, 0.15) is 0 Å². The highest BCUT2D eigenvalue weighted by Gasteiger charge is 2.12. The van der Waals surface area contributed by atoms with Gasteiger partial charge in [0.2, 0.25) is 0 Å². The molecule has 0 bridgehead atoms. The molecule has 7 heteroatoms. The first-order chi connectivity index (χ1) is 9.08. The van der Waals surface area contributed by atoms with Crippen molar-refractivity contribution in [3.8, 4) is 0 Å². The number of amides is 1. The largest absolute Gasteiger partial charge is 0.322 e. The van der Waals surface area contributed by atoms with Gasteiger partial charge in [0.15, 0.2) is 0 Å². The number of halogens is 1. The number of aromatic nitrogens is 1. The summed E-state index contributed by atoms with van der Waals surface area (Å²) in [6, 6.07) is 7.12. The highest BCUT2D eigenvalue weighted by Crippen LogP contribution is 2.19. The second-order valence-corrected chi connectivity index (χ2v) is 4.02. The van der Waals surface area contributed by atoms with Crippen LogP contribution in [0.4, 0.5) is 11.4 Å². The van der Waals surface area contributed by atoms with Gasteiger partial charge in [0.05, 0.1) is 15.5 Å². The number of rotatable bonds is 3. The lowest BCUT2D eigenvalue weighted by atomic mass is 10.2. The molecule has 0 aliphatic heterocycles. The molecule has 0 saturated heterocycles. The Kier molecular flexibility index (Phi) is 3.72. The molecule has 1 amide bonds. The van der Waals surface area contributed by atoms with E-state index in [0.29, 0.717) is 5.69 Å². The highest BCUT2D eigenvalue weighted by atomic mass is 35.5. The van der Waals surface area contributed by atoms with E-state index in [1.807, 2.05) is 0 Å². The molecule has 19 heavy (non-hydrogen) atoms. The molecule has 1 heterocycles.